The number of rotatable bonds is 3. The summed E-state index contributed by atoms with van der Waals surface area (Å²) in [6, 6.07) is 6.62. The van der Waals surface area contributed by atoms with Gasteiger partial charge in [-0.25, -0.2) is 4.98 Å². The molecule has 19 heavy (non-hydrogen) atoms. The molecular weight excluding hydrogens is 262 g/mol. The molecule has 1 aliphatic heterocycles. The highest BCUT2D eigenvalue weighted by molar-refractivity contribution is 7.14. The van der Waals surface area contributed by atoms with E-state index in [1.165, 1.54) is 18.9 Å². The van der Waals surface area contributed by atoms with Gasteiger partial charge in [0.05, 0.1) is 10.6 Å². The maximum absolute atomic E-state index is 10.8. The van der Waals surface area contributed by atoms with Gasteiger partial charge >= 0.3 is 0 Å². The maximum atomic E-state index is 10.8. The van der Waals surface area contributed by atoms with Gasteiger partial charge in [0.1, 0.15) is 0 Å². The fourth-order valence-electron chi connectivity index (χ4n) is 2.23. The highest BCUT2D eigenvalue weighted by Crippen LogP contribution is 2.30. The number of anilines is 1. The summed E-state index contributed by atoms with van der Waals surface area (Å²) >= 11 is 1.60. The molecule has 6 heteroatoms. The van der Waals surface area contributed by atoms with Crippen molar-refractivity contribution >= 4 is 22.2 Å². The van der Waals surface area contributed by atoms with Gasteiger partial charge in [-0.1, -0.05) is 12.1 Å². The summed E-state index contributed by atoms with van der Waals surface area (Å²) in [6.07, 6.45) is 2.43. The third kappa shape index (κ3) is 2.44. The minimum Gasteiger partial charge on any atom is -0.348 e. The third-order valence-electron chi connectivity index (χ3n) is 3.22. The Labute approximate surface area is 114 Å². The number of nitrogens with zero attached hydrogens (tertiary/aromatic N) is 3. The van der Waals surface area contributed by atoms with Crippen molar-refractivity contribution in [3.05, 3.63) is 39.8 Å². The van der Waals surface area contributed by atoms with E-state index in [1.807, 2.05) is 11.4 Å². The number of benzene rings is 1. The first kappa shape index (κ1) is 12.1. The van der Waals surface area contributed by atoms with Crippen molar-refractivity contribution in [3.63, 3.8) is 0 Å². The molecule has 3 rings (SSSR count). The van der Waals surface area contributed by atoms with Crippen molar-refractivity contribution in [2.24, 2.45) is 0 Å². The van der Waals surface area contributed by atoms with Gasteiger partial charge in [0.25, 0.3) is 5.69 Å². The summed E-state index contributed by atoms with van der Waals surface area (Å²) < 4.78 is 0. The van der Waals surface area contributed by atoms with Crippen LogP contribution in [-0.2, 0) is 0 Å². The van der Waals surface area contributed by atoms with Crippen molar-refractivity contribution in [2.75, 3.05) is 18.0 Å². The smallest absolute Gasteiger partial charge is 0.270 e. The lowest BCUT2D eigenvalue weighted by Gasteiger charge is -2.12. The topological polar surface area (TPSA) is 59.3 Å². The van der Waals surface area contributed by atoms with Crippen LogP contribution in [0.3, 0.4) is 0 Å². The molecule has 2 aromatic rings. The molecule has 0 N–H and O–H groups in total. The summed E-state index contributed by atoms with van der Waals surface area (Å²) in [5.41, 5.74) is 1.72. The standard InChI is InChI=1S/C13H13N3O2S/c17-16(18)11-5-3-4-10(8-11)12-9-19-13(14-12)15-6-1-2-7-15/h3-5,8-9H,1-2,6-7H2. The lowest BCUT2D eigenvalue weighted by molar-refractivity contribution is -0.384. The lowest BCUT2D eigenvalue weighted by atomic mass is 10.1. The molecule has 1 aliphatic rings. The van der Waals surface area contributed by atoms with Crippen molar-refractivity contribution in [1.82, 2.24) is 4.98 Å². The fourth-order valence-corrected chi connectivity index (χ4v) is 3.12. The summed E-state index contributed by atoms with van der Waals surface area (Å²) in [4.78, 5) is 17.3. The van der Waals surface area contributed by atoms with Gasteiger partial charge in [-0.15, -0.1) is 11.3 Å². The minimum atomic E-state index is -0.378. The van der Waals surface area contributed by atoms with Crippen LogP contribution in [0.2, 0.25) is 0 Å². The van der Waals surface area contributed by atoms with Crippen molar-refractivity contribution in [3.8, 4) is 11.3 Å². The minimum absolute atomic E-state index is 0.105. The van der Waals surface area contributed by atoms with Crippen LogP contribution in [0.1, 0.15) is 12.8 Å². The van der Waals surface area contributed by atoms with Crippen LogP contribution in [0.25, 0.3) is 11.3 Å². The molecule has 1 aromatic heterocycles. The number of nitro benzene ring substituents is 1. The average molecular weight is 275 g/mol. The Kier molecular flexibility index (Phi) is 3.16. The average Bonchev–Trinajstić information content (AvgIpc) is 3.09. The molecule has 2 heterocycles. The lowest BCUT2D eigenvalue weighted by Crippen LogP contribution is -2.17. The van der Waals surface area contributed by atoms with Crippen LogP contribution in [0.15, 0.2) is 29.6 Å². The van der Waals surface area contributed by atoms with E-state index in [2.05, 4.69) is 9.88 Å². The predicted molar refractivity (Wildman–Crippen MR) is 75.7 cm³/mol. The van der Waals surface area contributed by atoms with E-state index in [1.54, 1.807) is 23.5 Å². The molecule has 5 nitrogen and oxygen atoms in total. The molecule has 0 amide bonds. The summed E-state index contributed by atoms with van der Waals surface area (Å²) in [7, 11) is 0. The first-order chi connectivity index (χ1) is 9.24. The second-order valence-corrected chi connectivity index (χ2v) is 5.35. The van der Waals surface area contributed by atoms with E-state index in [0.717, 1.165) is 29.5 Å². The van der Waals surface area contributed by atoms with Gasteiger partial charge in [0.15, 0.2) is 5.13 Å². The largest absolute Gasteiger partial charge is 0.348 e. The van der Waals surface area contributed by atoms with Crippen LogP contribution in [0, 0.1) is 10.1 Å². The van der Waals surface area contributed by atoms with Crippen molar-refractivity contribution in [2.45, 2.75) is 12.8 Å². The van der Waals surface area contributed by atoms with Crippen LogP contribution in [-0.4, -0.2) is 23.0 Å². The Hall–Kier alpha value is -1.95. The second-order valence-electron chi connectivity index (χ2n) is 4.52. The molecule has 98 valence electrons. The molecule has 0 aliphatic carbocycles. The maximum Gasteiger partial charge on any atom is 0.270 e. The Morgan fingerprint density at radius 3 is 2.84 bits per heavy atom. The molecule has 0 atom stereocenters. The first-order valence-electron chi connectivity index (χ1n) is 6.19. The van der Waals surface area contributed by atoms with E-state index in [0.29, 0.717) is 0 Å². The second kappa shape index (κ2) is 4.97. The Morgan fingerprint density at radius 2 is 2.11 bits per heavy atom. The Balaban J connectivity index is 1.89. The highest BCUT2D eigenvalue weighted by atomic mass is 32.1. The van der Waals surface area contributed by atoms with Gasteiger partial charge in [-0.3, -0.25) is 10.1 Å². The number of non-ortho nitro benzene ring substituents is 1. The normalized spacial score (nSPS) is 14.8. The molecule has 0 radical (unpaired) electrons. The fraction of sp³-hybridized carbons (Fsp3) is 0.308. The Bertz CT molecular complexity index is 605. The van der Waals surface area contributed by atoms with Crippen molar-refractivity contribution < 1.29 is 4.92 Å². The van der Waals surface area contributed by atoms with E-state index in [4.69, 9.17) is 0 Å². The number of nitro groups is 1. The SMILES string of the molecule is O=[N+]([O-])c1cccc(-c2csc(N3CCCC3)n2)c1. The number of aromatic nitrogens is 1. The van der Waals surface area contributed by atoms with E-state index >= 15 is 0 Å². The summed E-state index contributed by atoms with van der Waals surface area (Å²) in [5, 5.41) is 13.8. The molecule has 0 saturated carbocycles. The number of hydrogen-bond donors (Lipinski definition) is 0. The summed E-state index contributed by atoms with van der Waals surface area (Å²) in [6.45, 7) is 2.11. The molecule has 0 unspecified atom stereocenters. The highest BCUT2D eigenvalue weighted by Gasteiger charge is 2.16. The van der Waals surface area contributed by atoms with Crippen LogP contribution in [0.5, 0.6) is 0 Å². The zero-order valence-electron chi connectivity index (χ0n) is 10.3. The zero-order chi connectivity index (χ0) is 13.2. The predicted octanol–water partition coefficient (Wildman–Crippen LogP) is 3.32. The first-order valence-corrected chi connectivity index (χ1v) is 7.07. The molecule has 0 spiro atoms. The number of thiazole rings is 1. The molecule has 0 bridgehead atoms. The molecule has 1 aromatic carbocycles. The number of hydrogen-bond acceptors (Lipinski definition) is 5. The zero-order valence-corrected chi connectivity index (χ0v) is 11.1. The quantitative estimate of drug-likeness (QED) is 0.637. The van der Waals surface area contributed by atoms with Crippen LogP contribution in [0.4, 0.5) is 10.8 Å². The molecular formula is C13H13N3O2S. The van der Waals surface area contributed by atoms with Gasteiger partial charge in [-0.05, 0) is 12.8 Å². The molecule has 1 fully saturated rings. The van der Waals surface area contributed by atoms with E-state index in [-0.39, 0.29) is 10.6 Å². The van der Waals surface area contributed by atoms with Crippen LogP contribution >= 0.6 is 11.3 Å². The van der Waals surface area contributed by atoms with Crippen molar-refractivity contribution in [1.29, 1.82) is 0 Å². The van der Waals surface area contributed by atoms with Gasteiger partial charge in [-0.2, -0.15) is 0 Å². The Morgan fingerprint density at radius 1 is 1.32 bits per heavy atom. The summed E-state index contributed by atoms with van der Waals surface area (Å²) in [5.74, 6) is 0. The van der Waals surface area contributed by atoms with E-state index in [9.17, 15) is 10.1 Å². The van der Waals surface area contributed by atoms with Gasteiger partial charge < -0.3 is 4.90 Å². The van der Waals surface area contributed by atoms with Crippen LogP contribution < -0.4 is 4.90 Å². The molecule has 1 saturated heterocycles. The van der Waals surface area contributed by atoms with Gasteiger partial charge in [0.2, 0.25) is 0 Å². The monoisotopic (exact) mass is 275 g/mol. The van der Waals surface area contributed by atoms with E-state index < -0.39 is 0 Å². The van der Waals surface area contributed by atoms with Gasteiger partial charge in [0, 0.05) is 36.2 Å². The third-order valence-corrected chi connectivity index (χ3v) is 4.12.